The SMILES string of the molecule is COC(=O)CSc1ccc(-c2ccc(OC)c(OC)c2)nn1. The lowest BCUT2D eigenvalue weighted by Gasteiger charge is -2.09. The Hall–Kier alpha value is -2.28. The Morgan fingerprint density at radius 1 is 1.05 bits per heavy atom. The number of ether oxygens (including phenoxy) is 3. The number of carbonyl (C=O) groups is 1. The highest BCUT2D eigenvalue weighted by Gasteiger charge is 2.08. The molecule has 0 aliphatic heterocycles. The van der Waals surface area contributed by atoms with Crippen molar-refractivity contribution >= 4 is 17.7 Å². The van der Waals surface area contributed by atoms with E-state index in [4.69, 9.17) is 9.47 Å². The maximum absolute atomic E-state index is 11.1. The average molecular weight is 320 g/mol. The van der Waals surface area contributed by atoms with Gasteiger partial charge in [0, 0.05) is 5.56 Å². The number of benzene rings is 1. The van der Waals surface area contributed by atoms with Gasteiger partial charge in [-0.2, -0.15) is 0 Å². The second-order valence-corrected chi connectivity index (χ2v) is 5.19. The Kier molecular flexibility index (Phi) is 5.60. The first-order chi connectivity index (χ1) is 10.7. The Labute approximate surface area is 132 Å². The highest BCUT2D eigenvalue weighted by Crippen LogP contribution is 2.31. The van der Waals surface area contributed by atoms with Crippen molar-refractivity contribution < 1.29 is 19.0 Å². The van der Waals surface area contributed by atoms with E-state index in [9.17, 15) is 4.79 Å². The van der Waals surface area contributed by atoms with Crippen LogP contribution >= 0.6 is 11.8 Å². The van der Waals surface area contributed by atoms with Gasteiger partial charge in [-0.05, 0) is 30.3 Å². The lowest BCUT2D eigenvalue weighted by Crippen LogP contribution is -2.03. The van der Waals surface area contributed by atoms with E-state index < -0.39 is 0 Å². The molecule has 0 saturated heterocycles. The van der Waals surface area contributed by atoms with E-state index >= 15 is 0 Å². The standard InChI is InChI=1S/C15H16N2O4S/c1-19-12-6-4-10(8-13(12)20-2)11-5-7-14(17-16-11)22-9-15(18)21-3/h4-8H,9H2,1-3H3. The first-order valence-electron chi connectivity index (χ1n) is 6.43. The summed E-state index contributed by atoms with van der Waals surface area (Å²) in [6.45, 7) is 0. The lowest BCUT2D eigenvalue weighted by atomic mass is 10.1. The molecule has 1 aromatic heterocycles. The first kappa shape index (κ1) is 16.1. The summed E-state index contributed by atoms with van der Waals surface area (Å²) < 4.78 is 15.1. The number of aromatic nitrogens is 2. The number of esters is 1. The topological polar surface area (TPSA) is 70.5 Å². The van der Waals surface area contributed by atoms with E-state index in [1.54, 1.807) is 14.2 Å². The zero-order valence-electron chi connectivity index (χ0n) is 12.5. The van der Waals surface area contributed by atoms with Crippen LogP contribution in [-0.4, -0.2) is 43.2 Å². The summed E-state index contributed by atoms with van der Waals surface area (Å²) in [5, 5.41) is 8.92. The number of rotatable bonds is 6. The van der Waals surface area contributed by atoms with Gasteiger partial charge >= 0.3 is 5.97 Å². The first-order valence-corrected chi connectivity index (χ1v) is 7.42. The molecule has 0 aliphatic rings. The quantitative estimate of drug-likeness (QED) is 0.598. The number of hydrogen-bond donors (Lipinski definition) is 0. The number of carbonyl (C=O) groups excluding carboxylic acids is 1. The molecule has 116 valence electrons. The van der Waals surface area contributed by atoms with Crippen LogP contribution in [0.1, 0.15) is 0 Å². The normalized spacial score (nSPS) is 10.1. The molecule has 0 atom stereocenters. The van der Waals surface area contributed by atoms with Crippen molar-refractivity contribution in [1.82, 2.24) is 10.2 Å². The molecule has 1 aromatic carbocycles. The molecule has 0 spiro atoms. The minimum atomic E-state index is -0.296. The summed E-state index contributed by atoms with van der Waals surface area (Å²) in [5.74, 6) is 1.20. The molecular weight excluding hydrogens is 304 g/mol. The average Bonchev–Trinajstić information content (AvgIpc) is 2.59. The minimum absolute atomic E-state index is 0.209. The highest BCUT2D eigenvalue weighted by molar-refractivity contribution is 7.99. The van der Waals surface area contributed by atoms with Gasteiger partial charge in [0.2, 0.25) is 0 Å². The lowest BCUT2D eigenvalue weighted by molar-refractivity contribution is -0.137. The van der Waals surface area contributed by atoms with Crippen LogP contribution in [0.25, 0.3) is 11.3 Å². The molecule has 0 amide bonds. The van der Waals surface area contributed by atoms with E-state index in [-0.39, 0.29) is 11.7 Å². The molecule has 0 bridgehead atoms. The van der Waals surface area contributed by atoms with Crippen LogP contribution < -0.4 is 9.47 Å². The number of methoxy groups -OCH3 is 3. The van der Waals surface area contributed by atoms with Gasteiger partial charge in [0.05, 0.1) is 32.8 Å². The fraction of sp³-hybridized carbons (Fsp3) is 0.267. The van der Waals surface area contributed by atoms with Gasteiger partial charge < -0.3 is 14.2 Å². The second kappa shape index (κ2) is 7.65. The summed E-state index contributed by atoms with van der Waals surface area (Å²) in [4.78, 5) is 11.1. The van der Waals surface area contributed by atoms with Crippen LogP contribution in [-0.2, 0) is 9.53 Å². The summed E-state index contributed by atoms with van der Waals surface area (Å²) in [7, 11) is 4.53. The molecule has 2 rings (SSSR count). The molecule has 0 saturated carbocycles. The van der Waals surface area contributed by atoms with Gasteiger partial charge in [-0.3, -0.25) is 4.79 Å². The molecule has 2 aromatic rings. The Balaban J connectivity index is 2.14. The van der Waals surface area contributed by atoms with E-state index in [0.29, 0.717) is 22.2 Å². The smallest absolute Gasteiger partial charge is 0.316 e. The van der Waals surface area contributed by atoms with Gasteiger partial charge in [0.25, 0.3) is 0 Å². The highest BCUT2D eigenvalue weighted by atomic mass is 32.2. The number of thioether (sulfide) groups is 1. The van der Waals surface area contributed by atoms with E-state index in [2.05, 4.69) is 14.9 Å². The van der Waals surface area contributed by atoms with Crippen LogP contribution in [0.3, 0.4) is 0 Å². The number of nitrogens with zero attached hydrogens (tertiary/aromatic N) is 2. The second-order valence-electron chi connectivity index (χ2n) is 4.19. The summed E-state index contributed by atoms with van der Waals surface area (Å²) >= 11 is 1.28. The van der Waals surface area contributed by atoms with Crippen molar-refractivity contribution in [2.24, 2.45) is 0 Å². The Bertz CT molecular complexity index is 646. The van der Waals surface area contributed by atoms with E-state index in [1.165, 1.54) is 18.9 Å². The third kappa shape index (κ3) is 3.88. The molecule has 0 fully saturated rings. The molecule has 0 unspecified atom stereocenters. The molecule has 0 N–H and O–H groups in total. The monoisotopic (exact) mass is 320 g/mol. The summed E-state index contributed by atoms with van der Waals surface area (Å²) in [6, 6.07) is 9.19. The summed E-state index contributed by atoms with van der Waals surface area (Å²) in [6.07, 6.45) is 0. The number of hydrogen-bond acceptors (Lipinski definition) is 7. The zero-order valence-corrected chi connectivity index (χ0v) is 13.3. The van der Waals surface area contributed by atoms with Gasteiger partial charge in [-0.15, -0.1) is 10.2 Å². The molecule has 0 aliphatic carbocycles. The van der Waals surface area contributed by atoms with Gasteiger partial charge in [0.1, 0.15) is 5.03 Å². The van der Waals surface area contributed by atoms with Crippen molar-refractivity contribution in [3.05, 3.63) is 30.3 Å². The van der Waals surface area contributed by atoms with Crippen LogP contribution in [0, 0.1) is 0 Å². The third-order valence-electron chi connectivity index (χ3n) is 2.88. The zero-order chi connectivity index (χ0) is 15.9. The van der Waals surface area contributed by atoms with Crippen LogP contribution in [0.15, 0.2) is 35.4 Å². The molecular formula is C15H16N2O4S. The minimum Gasteiger partial charge on any atom is -0.493 e. The maximum Gasteiger partial charge on any atom is 0.316 e. The van der Waals surface area contributed by atoms with E-state index in [0.717, 1.165) is 5.56 Å². The molecule has 1 heterocycles. The van der Waals surface area contributed by atoms with E-state index in [1.807, 2.05) is 30.3 Å². The van der Waals surface area contributed by atoms with Crippen molar-refractivity contribution in [2.75, 3.05) is 27.1 Å². The fourth-order valence-corrected chi connectivity index (χ4v) is 2.38. The molecule has 0 radical (unpaired) electrons. The van der Waals surface area contributed by atoms with Crippen molar-refractivity contribution in [3.8, 4) is 22.8 Å². The third-order valence-corrected chi connectivity index (χ3v) is 3.78. The predicted octanol–water partition coefficient (Wildman–Crippen LogP) is 2.43. The maximum atomic E-state index is 11.1. The Morgan fingerprint density at radius 3 is 2.41 bits per heavy atom. The Morgan fingerprint density at radius 2 is 1.82 bits per heavy atom. The fourth-order valence-electron chi connectivity index (χ4n) is 1.74. The van der Waals surface area contributed by atoms with Crippen molar-refractivity contribution in [1.29, 1.82) is 0 Å². The summed E-state index contributed by atoms with van der Waals surface area (Å²) in [5.41, 5.74) is 1.58. The van der Waals surface area contributed by atoms with Crippen molar-refractivity contribution in [3.63, 3.8) is 0 Å². The van der Waals surface area contributed by atoms with Crippen LogP contribution in [0.5, 0.6) is 11.5 Å². The molecule has 6 nitrogen and oxygen atoms in total. The molecule has 7 heteroatoms. The van der Waals surface area contributed by atoms with Crippen LogP contribution in [0.4, 0.5) is 0 Å². The van der Waals surface area contributed by atoms with Crippen molar-refractivity contribution in [2.45, 2.75) is 5.03 Å². The predicted molar refractivity (Wildman–Crippen MR) is 83.3 cm³/mol. The van der Waals surface area contributed by atoms with Gasteiger partial charge in [-0.25, -0.2) is 0 Å². The van der Waals surface area contributed by atoms with Gasteiger partial charge in [0.15, 0.2) is 11.5 Å². The largest absolute Gasteiger partial charge is 0.493 e. The van der Waals surface area contributed by atoms with Gasteiger partial charge in [-0.1, -0.05) is 11.8 Å². The molecule has 22 heavy (non-hydrogen) atoms. The van der Waals surface area contributed by atoms with Crippen LogP contribution in [0.2, 0.25) is 0 Å².